The number of amides is 3. The normalized spacial score (nSPS) is 11.5. The molecular formula is C89H73ClF4N24O9S6. The number of nitrogens with two attached hydrogens (primary N) is 2. The van der Waals surface area contributed by atoms with Gasteiger partial charge in [-0.05, 0) is 204 Å². The summed E-state index contributed by atoms with van der Waals surface area (Å²) in [5, 5.41) is 59.1. The van der Waals surface area contributed by atoms with Crippen molar-refractivity contribution in [3.63, 3.8) is 0 Å². The van der Waals surface area contributed by atoms with E-state index in [4.69, 9.17) is 42.8 Å². The zero-order chi connectivity index (χ0) is 93.2. The lowest BCUT2D eigenvalue weighted by Gasteiger charge is -2.22. The fourth-order valence-electron chi connectivity index (χ4n) is 13.1. The average molecular weight is 1930 g/mol. The van der Waals surface area contributed by atoms with Gasteiger partial charge >= 0.3 is 18.1 Å². The number of hydrogen-bond donors (Lipinski definition) is 12. The lowest BCUT2D eigenvalue weighted by molar-refractivity contribution is -0.139. The highest BCUT2D eigenvalue weighted by Gasteiger charge is 2.28. The number of alkyl halides is 3. The molecule has 0 radical (unpaired) electrons. The number of methoxy groups -OCH3 is 1. The quantitative estimate of drug-likeness (QED) is 0.0265. The van der Waals surface area contributed by atoms with Crippen LogP contribution in [-0.2, 0) is 4.79 Å². The number of carboxylic acid groups (broad SMARTS) is 2. The van der Waals surface area contributed by atoms with Crippen molar-refractivity contribution in [1.82, 2.24) is 75.3 Å². The molecule has 1 aliphatic rings. The molecule has 6 aromatic carbocycles. The number of benzene rings is 6. The summed E-state index contributed by atoms with van der Waals surface area (Å²) in [6, 6.07) is 39.3. The maximum atomic E-state index is 13.4. The monoisotopic (exact) mass is 1920 g/mol. The molecule has 20 rings (SSSR count). The highest BCUT2D eigenvalue weighted by atomic mass is 35.5. The molecule has 1 aliphatic heterocycles. The van der Waals surface area contributed by atoms with Crippen molar-refractivity contribution in [1.29, 1.82) is 0 Å². The average Bonchev–Trinajstić information content (AvgIpc) is 1.71. The van der Waals surface area contributed by atoms with E-state index in [0.29, 0.717) is 62.8 Å². The molecule has 13 aromatic heterocycles. The van der Waals surface area contributed by atoms with Crippen LogP contribution in [0.5, 0.6) is 11.5 Å². The van der Waals surface area contributed by atoms with Crippen LogP contribution >= 0.6 is 79.6 Å². The van der Waals surface area contributed by atoms with Crippen LogP contribution in [0, 0.1) is 19.7 Å². The van der Waals surface area contributed by atoms with Gasteiger partial charge in [-0.25, -0.2) is 69.0 Å². The number of H-pyrrole nitrogens is 1. The minimum Gasteiger partial charge on any atom is -0.495 e. The summed E-state index contributed by atoms with van der Waals surface area (Å²) < 4.78 is 66.5. The van der Waals surface area contributed by atoms with Gasteiger partial charge < -0.3 is 73.3 Å². The number of anilines is 13. The van der Waals surface area contributed by atoms with Crippen molar-refractivity contribution in [3.8, 4) is 11.5 Å². The number of carbonyl (C=O) groups excluding carboxylic acids is 3. The first-order valence-electron chi connectivity index (χ1n) is 39.8. The number of aliphatic carboxylic acids is 1. The number of fused-ring (bicyclic) bond motifs is 7. The van der Waals surface area contributed by atoms with E-state index in [9.17, 15) is 41.5 Å². The summed E-state index contributed by atoms with van der Waals surface area (Å²) in [4.78, 5) is 109. The molecule has 19 aromatic rings. The Morgan fingerprint density at radius 2 is 0.940 bits per heavy atom. The molecule has 14 heterocycles. The van der Waals surface area contributed by atoms with Gasteiger partial charge in [-0.2, -0.15) is 18.3 Å². The molecule has 133 heavy (non-hydrogen) atoms. The Balaban J connectivity index is 0.000000122. The van der Waals surface area contributed by atoms with Gasteiger partial charge in [0.05, 0.1) is 126 Å². The number of ether oxygens (including phenoxy) is 2. The Morgan fingerprint density at radius 3 is 1.44 bits per heavy atom. The second-order valence-corrected chi connectivity index (χ2v) is 34.4. The van der Waals surface area contributed by atoms with E-state index >= 15 is 0 Å². The summed E-state index contributed by atoms with van der Waals surface area (Å²) in [7, 11) is 1.54. The van der Waals surface area contributed by atoms with Crippen LogP contribution in [-0.4, -0.2) is 149 Å². The number of rotatable bonds is 23. The molecule has 0 spiro atoms. The molecule has 1 saturated heterocycles. The molecule has 3 amide bonds. The summed E-state index contributed by atoms with van der Waals surface area (Å²) in [5.41, 5.74) is 25.9. The first-order chi connectivity index (χ1) is 64.3. The molecule has 0 atom stereocenters. The number of aromatic carboxylic acids is 1. The number of nitrogens with zero attached hydrogens (tertiary/aromatic N) is 14. The van der Waals surface area contributed by atoms with Crippen LogP contribution in [0.15, 0.2) is 216 Å². The van der Waals surface area contributed by atoms with Crippen LogP contribution in [0.3, 0.4) is 0 Å². The van der Waals surface area contributed by atoms with Crippen molar-refractivity contribution in [2.24, 2.45) is 11.5 Å². The Kier molecular flexibility index (Phi) is 29.5. The molecule has 0 unspecified atom stereocenters. The summed E-state index contributed by atoms with van der Waals surface area (Å²) in [5.74, 6) is 0.609. The second kappa shape index (κ2) is 42.4. The minimum absolute atomic E-state index is 0.00992. The number of carboxylic acids is 2. The summed E-state index contributed by atoms with van der Waals surface area (Å²) in [6.45, 7) is 4.89. The summed E-state index contributed by atoms with van der Waals surface area (Å²) >= 11 is 15.3. The van der Waals surface area contributed by atoms with E-state index in [2.05, 4.69) is 112 Å². The van der Waals surface area contributed by atoms with Gasteiger partial charge in [-0.3, -0.25) is 24.3 Å². The van der Waals surface area contributed by atoms with E-state index in [1.165, 1.54) is 73.3 Å². The van der Waals surface area contributed by atoms with Crippen LogP contribution in [0.25, 0.3) is 72.2 Å². The zero-order valence-corrected chi connectivity index (χ0v) is 75.4. The number of nitrogens with one attached hydrogen (secondary N) is 8. The third-order valence-corrected chi connectivity index (χ3v) is 25.7. The third-order valence-electron chi connectivity index (χ3n) is 19.6. The topological polar surface area (TPSA) is 467 Å². The standard InChI is InChI=1S/C17H17N5OS.C16H13F4N3OS.C15H12N4O3S.C15H14N4O2S.C13H8ClN3O2S.C13H9N5S/c18-16(23)11-3-4-12(14(9-11)22-6-1-2-7-22)21-17-15-13(5-8-24-15)19-10-20-17;1-9-7-25-14-13(9)21-8-22-15(14)23-11-3-2-10(17)6-12(11)24-5-4-16(18,19)20;20-12(21)7-16-15(22)9-1-3-10(4-2-9)19-14-13-11(5-6-23-13)17-8-18-14;1-8-6-22-13-12(8)17-7-18-15(13)19-10-4-3-9(14(16)20)5-11(10)21-2;14-9-5-7(1-2-8(9)13(18)19)17-12-11-10(3-4-20-11)15-6-16-12;1-2-10-8(6-16-18-10)5-9(1)17-13-12-11(3-4-19-12)14-7-15-13/h3-5,8-10H,1-2,6-7H2,(H2,18,23)(H,19,20,21);2-3,6-8H,4-5H2,1H3,(H,21,22,23);1-6,8H,7H2,(H,16,22)(H,20,21)(H,17,18,19);3-7H,1-2H3,(H2,16,20)(H,17,18,19);1-6H,(H,18,19)(H,15,16,17);1-7H,(H,16,18)(H,14,15,17). The van der Waals surface area contributed by atoms with Crippen LogP contribution in [0.1, 0.15) is 71.8 Å². The molecule has 1 fully saturated rings. The minimum atomic E-state index is -4.34. The molecular weight excluding hydrogens is 1850 g/mol. The molecule has 14 N–H and O–H groups in total. The fraction of sp³-hybridized carbons (Fsp3) is 0.124. The van der Waals surface area contributed by atoms with Crippen molar-refractivity contribution in [2.45, 2.75) is 39.3 Å². The second-order valence-electron chi connectivity index (χ2n) is 28.6. The van der Waals surface area contributed by atoms with E-state index in [-0.39, 0.29) is 16.3 Å². The zero-order valence-electron chi connectivity index (χ0n) is 69.7. The first kappa shape index (κ1) is 92.3. The number of hydrogen-bond acceptors (Lipinski definition) is 33. The number of halogens is 5. The van der Waals surface area contributed by atoms with Crippen molar-refractivity contribution in [2.75, 3.05) is 70.2 Å². The highest BCUT2D eigenvalue weighted by Crippen LogP contribution is 2.40. The Morgan fingerprint density at radius 1 is 0.496 bits per heavy atom. The highest BCUT2D eigenvalue weighted by molar-refractivity contribution is 7.19. The van der Waals surface area contributed by atoms with Crippen molar-refractivity contribution >= 4 is 256 Å². The van der Waals surface area contributed by atoms with Gasteiger partial charge in [0.1, 0.15) is 61.8 Å². The number of aromatic nitrogens is 14. The smallest absolute Gasteiger partial charge is 0.392 e. The predicted octanol–water partition coefficient (Wildman–Crippen LogP) is 20.5. The number of primary amides is 2. The van der Waals surface area contributed by atoms with Gasteiger partial charge in [0, 0.05) is 58.3 Å². The lowest BCUT2D eigenvalue weighted by atomic mass is 10.1. The van der Waals surface area contributed by atoms with E-state index in [0.717, 1.165) is 150 Å². The number of aryl methyl sites for hydroxylation is 2. The van der Waals surface area contributed by atoms with E-state index < -0.39 is 61.2 Å². The molecule has 0 bridgehead atoms. The van der Waals surface area contributed by atoms with Crippen molar-refractivity contribution < 1.29 is 61.2 Å². The SMILES string of the molecule is COc1cc(C(N)=O)ccc1Nc1ncnc2c(C)csc12.Cc1csc2c(Nc3ccc(F)cc3OCCC(F)(F)F)ncnc12.NC(=O)c1ccc(Nc2ncnc3ccsc23)c(N2CCCC2)c1.O=C(O)CNC(=O)c1ccc(Nc2ncnc3ccsc23)cc1.O=C(O)c1ccc(Nc2ncnc3ccsc23)cc1Cl.c1nc(Nc2ccc3[nH]ncc3c2)c2sccc2n1. The van der Waals surface area contributed by atoms with Gasteiger partial charge in [-0.15, -0.1) is 68.0 Å². The summed E-state index contributed by atoms with van der Waals surface area (Å²) in [6.07, 6.45) is 7.67. The molecule has 44 heteroatoms. The Hall–Kier alpha value is -15.4. The van der Waals surface area contributed by atoms with Gasteiger partial charge in [0.2, 0.25) is 11.8 Å². The van der Waals surface area contributed by atoms with Crippen LogP contribution in [0.2, 0.25) is 5.02 Å². The molecule has 0 aliphatic carbocycles. The van der Waals surface area contributed by atoms with Crippen LogP contribution in [0.4, 0.5) is 92.3 Å². The Labute approximate surface area is 779 Å². The number of aromatic amines is 1. The van der Waals surface area contributed by atoms with Crippen LogP contribution < -0.4 is 63.1 Å². The van der Waals surface area contributed by atoms with Gasteiger partial charge in [0.15, 0.2) is 34.9 Å². The maximum Gasteiger partial charge on any atom is 0.392 e. The third kappa shape index (κ3) is 23.3. The number of thiophene rings is 6. The van der Waals surface area contributed by atoms with Gasteiger partial charge in [-0.1, -0.05) is 11.6 Å². The largest absolute Gasteiger partial charge is 0.495 e. The van der Waals surface area contributed by atoms with E-state index in [1.807, 2.05) is 101 Å². The lowest BCUT2D eigenvalue weighted by Crippen LogP contribution is -2.29. The van der Waals surface area contributed by atoms with Gasteiger partial charge in [0.25, 0.3) is 5.91 Å². The first-order valence-corrected chi connectivity index (χ1v) is 45.4. The molecule has 0 saturated carbocycles. The predicted molar refractivity (Wildman–Crippen MR) is 515 cm³/mol. The molecule has 33 nitrogen and oxygen atoms in total. The Bertz CT molecular complexity index is 7440. The maximum absolute atomic E-state index is 13.4. The van der Waals surface area contributed by atoms with E-state index in [1.54, 1.807) is 125 Å². The number of carbonyl (C=O) groups is 5. The van der Waals surface area contributed by atoms with Crippen molar-refractivity contribution in [3.05, 3.63) is 260 Å². The fourth-order valence-corrected chi connectivity index (χ4v) is 18.4. The molecule has 674 valence electrons.